The molecule has 0 aliphatic carbocycles. The van der Waals surface area contributed by atoms with Crippen molar-refractivity contribution in [2.45, 2.75) is 20.8 Å². The highest BCUT2D eigenvalue weighted by atomic mass is 32.1. The van der Waals surface area contributed by atoms with Gasteiger partial charge in [0.1, 0.15) is 11.4 Å². The molecule has 0 spiro atoms. The minimum atomic E-state index is 0.612. The van der Waals surface area contributed by atoms with Gasteiger partial charge in [0.2, 0.25) is 0 Å². The number of benzene rings is 2. The number of hydrogen-bond donors (Lipinski definition) is 0. The van der Waals surface area contributed by atoms with Gasteiger partial charge in [-0.2, -0.15) is 0 Å². The van der Waals surface area contributed by atoms with Gasteiger partial charge in [-0.1, -0.05) is 42.5 Å². The van der Waals surface area contributed by atoms with Crippen LogP contribution in [0.4, 0.5) is 0 Å². The molecule has 2 aromatic carbocycles. The quantitative estimate of drug-likeness (QED) is 0.461. The van der Waals surface area contributed by atoms with E-state index in [0.717, 1.165) is 38.6 Å². The normalized spacial score (nSPS) is 11.2. The second kappa shape index (κ2) is 5.97. The van der Waals surface area contributed by atoms with E-state index in [1.54, 1.807) is 11.3 Å². The van der Waals surface area contributed by atoms with Crippen LogP contribution < -0.4 is 0 Å². The van der Waals surface area contributed by atoms with Crippen LogP contribution in [0.3, 0.4) is 0 Å². The zero-order valence-corrected chi connectivity index (χ0v) is 15.2. The third-order valence-electron chi connectivity index (χ3n) is 4.62. The van der Waals surface area contributed by atoms with E-state index in [2.05, 4.69) is 45.0 Å². The molecule has 0 radical (unpaired) electrons. The Hall–Kier alpha value is -2.72. The van der Waals surface area contributed by atoms with Crippen LogP contribution >= 0.6 is 11.3 Å². The van der Waals surface area contributed by atoms with E-state index in [9.17, 15) is 4.79 Å². The van der Waals surface area contributed by atoms with Crippen molar-refractivity contribution in [2.24, 2.45) is 0 Å². The number of nitrogens with zero attached hydrogens (tertiary/aromatic N) is 2. The summed E-state index contributed by atoms with van der Waals surface area (Å²) in [6.07, 6.45) is 0.920. The number of aryl methyl sites for hydroxylation is 3. The Morgan fingerprint density at radius 1 is 0.960 bits per heavy atom. The summed E-state index contributed by atoms with van der Waals surface area (Å²) in [5, 5.41) is 0. The third kappa shape index (κ3) is 2.50. The first-order valence-corrected chi connectivity index (χ1v) is 9.02. The molecule has 4 aromatic rings. The number of rotatable bonds is 3. The number of carbonyl (C=O) groups excluding carboxylic acids is 1. The molecular formula is C21H18N2OS. The summed E-state index contributed by atoms with van der Waals surface area (Å²) in [5.41, 5.74) is 6.92. The first-order valence-electron chi connectivity index (χ1n) is 8.20. The molecule has 4 rings (SSSR count). The molecule has 0 atom stereocenters. The van der Waals surface area contributed by atoms with Crippen LogP contribution in [0, 0.1) is 20.8 Å². The lowest BCUT2D eigenvalue weighted by atomic mass is 10.0. The second-order valence-electron chi connectivity index (χ2n) is 6.25. The summed E-state index contributed by atoms with van der Waals surface area (Å²) >= 11 is 1.62. The zero-order valence-electron chi connectivity index (χ0n) is 14.4. The predicted molar refractivity (Wildman–Crippen MR) is 104 cm³/mol. The number of thiazole rings is 1. The van der Waals surface area contributed by atoms with E-state index < -0.39 is 0 Å². The average Bonchev–Trinajstić information content (AvgIpc) is 3.12. The van der Waals surface area contributed by atoms with Crippen molar-refractivity contribution < 1.29 is 4.79 Å². The molecule has 124 valence electrons. The van der Waals surface area contributed by atoms with E-state index in [0.29, 0.717) is 5.69 Å². The number of aromatic nitrogens is 2. The fraction of sp³-hybridized carbons (Fsp3) is 0.143. The molecule has 0 unspecified atom stereocenters. The lowest BCUT2D eigenvalue weighted by molar-refractivity contribution is 0.111. The fourth-order valence-corrected chi connectivity index (χ4v) is 4.17. The van der Waals surface area contributed by atoms with Crippen molar-refractivity contribution >= 4 is 22.6 Å². The maximum Gasteiger partial charge on any atom is 0.195 e. The first-order chi connectivity index (χ1) is 12.1. The molecule has 0 saturated heterocycles. The number of hydrogen-bond acceptors (Lipinski definition) is 3. The molecule has 2 aromatic heterocycles. The van der Waals surface area contributed by atoms with Gasteiger partial charge in [0.05, 0.1) is 5.69 Å². The van der Waals surface area contributed by atoms with E-state index in [1.165, 1.54) is 11.1 Å². The van der Waals surface area contributed by atoms with Crippen molar-refractivity contribution in [3.05, 3.63) is 70.2 Å². The SMILES string of the molecule is Cc1ccc(-c2nc3sc(C)c(-c4ccccc4)n3c2C=O)cc1C. The minimum absolute atomic E-state index is 0.612. The summed E-state index contributed by atoms with van der Waals surface area (Å²) in [7, 11) is 0. The maximum absolute atomic E-state index is 12.0. The number of aldehydes is 1. The summed E-state index contributed by atoms with van der Waals surface area (Å²) in [4.78, 5) is 18.8. The molecule has 0 aliphatic heterocycles. The van der Waals surface area contributed by atoms with Gasteiger partial charge in [-0.05, 0) is 43.5 Å². The molecular weight excluding hydrogens is 328 g/mol. The van der Waals surface area contributed by atoms with Gasteiger partial charge < -0.3 is 0 Å². The maximum atomic E-state index is 12.0. The number of carbonyl (C=O) groups is 1. The second-order valence-corrected chi connectivity index (χ2v) is 7.44. The van der Waals surface area contributed by atoms with E-state index in [4.69, 9.17) is 4.98 Å². The van der Waals surface area contributed by atoms with Gasteiger partial charge in [-0.3, -0.25) is 9.20 Å². The van der Waals surface area contributed by atoms with Crippen LogP contribution in [-0.4, -0.2) is 15.7 Å². The predicted octanol–water partition coefficient (Wildman–Crippen LogP) is 5.47. The van der Waals surface area contributed by atoms with Gasteiger partial charge in [0.25, 0.3) is 0 Å². The van der Waals surface area contributed by atoms with Crippen molar-refractivity contribution in [3.8, 4) is 22.5 Å². The van der Waals surface area contributed by atoms with Crippen LogP contribution in [0.25, 0.3) is 27.5 Å². The van der Waals surface area contributed by atoms with Crippen LogP contribution in [0.2, 0.25) is 0 Å². The molecule has 0 fully saturated rings. The van der Waals surface area contributed by atoms with Crippen molar-refractivity contribution in [1.29, 1.82) is 0 Å². The van der Waals surface area contributed by atoms with E-state index in [-0.39, 0.29) is 0 Å². The van der Waals surface area contributed by atoms with E-state index in [1.807, 2.05) is 28.7 Å². The molecule has 0 amide bonds. The summed E-state index contributed by atoms with van der Waals surface area (Å²) in [6, 6.07) is 16.4. The zero-order chi connectivity index (χ0) is 17.6. The van der Waals surface area contributed by atoms with Gasteiger partial charge in [0.15, 0.2) is 11.2 Å². The molecule has 0 N–H and O–H groups in total. The molecule has 0 aliphatic rings. The Balaban J connectivity index is 2.01. The Morgan fingerprint density at radius 2 is 1.72 bits per heavy atom. The highest BCUT2D eigenvalue weighted by Crippen LogP contribution is 2.35. The highest BCUT2D eigenvalue weighted by molar-refractivity contribution is 7.17. The molecule has 0 bridgehead atoms. The molecule has 25 heavy (non-hydrogen) atoms. The van der Waals surface area contributed by atoms with Gasteiger partial charge in [0, 0.05) is 10.4 Å². The van der Waals surface area contributed by atoms with Gasteiger partial charge in [-0.15, -0.1) is 11.3 Å². The molecule has 0 saturated carbocycles. The standard InChI is InChI=1S/C21H18N2OS/c1-13-9-10-17(11-14(13)2)19-18(12-24)23-20(15(3)25-21(23)22-19)16-7-5-4-6-8-16/h4-12H,1-3H3. The van der Waals surface area contributed by atoms with Gasteiger partial charge >= 0.3 is 0 Å². The summed E-state index contributed by atoms with van der Waals surface area (Å²) in [6.45, 7) is 6.24. The van der Waals surface area contributed by atoms with Crippen LogP contribution in [-0.2, 0) is 0 Å². The van der Waals surface area contributed by atoms with Crippen LogP contribution in [0.1, 0.15) is 26.5 Å². The largest absolute Gasteiger partial charge is 0.296 e. The van der Waals surface area contributed by atoms with Crippen molar-refractivity contribution in [1.82, 2.24) is 9.38 Å². The summed E-state index contributed by atoms with van der Waals surface area (Å²) < 4.78 is 1.99. The lowest BCUT2D eigenvalue weighted by Gasteiger charge is -2.06. The first kappa shape index (κ1) is 15.8. The lowest BCUT2D eigenvalue weighted by Crippen LogP contribution is -1.95. The number of imidazole rings is 1. The van der Waals surface area contributed by atoms with Crippen molar-refractivity contribution in [3.63, 3.8) is 0 Å². The van der Waals surface area contributed by atoms with E-state index >= 15 is 0 Å². The van der Waals surface area contributed by atoms with Gasteiger partial charge in [-0.25, -0.2) is 4.98 Å². The molecule has 3 nitrogen and oxygen atoms in total. The van der Waals surface area contributed by atoms with Crippen LogP contribution in [0.5, 0.6) is 0 Å². The number of fused-ring (bicyclic) bond motifs is 1. The fourth-order valence-electron chi connectivity index (χ4n) is 3.18. The topological polar surface area (TPSA) is 34.4 Å². The Labute approximate surface area is 150 Å². The monoisotopic (exact) mass is 346 g/mol. The molecule has 4 heteroatoms. The average molecular weight is 346 g/mol. The highest BCUT2D eigenvalue weighted by Gasteiger charge is 2.20. The smallest absolute Gasteiger partial charge is 0.195 e. The minimum Gasteiger partial charge on any atom is -0.296 e. The Morgan fingerprint density at radius 3 is 2.40 bits per heavy atom. The third-order valence-corrected chi connectivity index (χ3v) is 5.58. The Kier molecular flexibility index (Phi) is 3.77. The summed E-state index contributed by atoms with van der Waals surface area (Å²) in [5.74, 6) is 0. The van der Waals surface area contributed by atoms with Crippen LogP contribution in [0.15, 0.2) is 48.5 Å². The van der Waals surface area contributed by atoms with Crippen molar-refractivity contribution in [2.75, 3.05) is 0 Å². The molecule has 2 heterocycles. The Bertz CT molecular complexity index is 1090.